The number of rotatable bonds is 8. The molecule has 152 valence electrons. The van der Waals surface area contributed by atoms with Crippen LogP contribution in [0.25, 0.3) is 5.69 Å². The number of hydrogen-bond acceptors (Lipinski definition) is 4. The molecule has 0 saturated heterocycles. The van der Waals surface area contributed by atoms with Crippen molar-refractivity contribution >= 4 is 29.2 Å². The molecule has 1 aliphatic carbocycles. The van der Waals surface area contributed by atoms with Gasteiger partial charge in [0, 0.05) is 11.6 Å². The van der Waals surface area contributed by atoms with Gasteiger partial charge in [0.25, 0.3) is 0 Å². The van der Waals surface area contributed by atoms with E-state index in [1.807, 2.05) is 6.07 Å². The van der Waals surface area contributed by atoms with Crippen molar-refractivity contribution in [3.05, 3.63) is 39.6 Å². The summed E-state index contributed by atoms with van der Waals surface area (Å²) in [6.07, 6.45) is 5.87. The molecule has 5 nitrogen and oxygen atoms in total. The van der Waals surface area contributed by atoms with Gasteiger partial charge in [-0.15, -0.1) is 0 Å². The van der Waals surface area contributed by atoms with E-state index in [1.54, 1.807) is 23.7 Å². The van der Waals surface area contributed by atoms with Gasteiger partial charge in [-0.3, -0.25) is 0 Å². The molecule has 1 aromatic carbocycles. The first kappa shape index (κ1) is 21.0. The molecule has 1 aliphatic rings. The first-order valence-corrected chi connectivity index (χ1v) is 10.7. The fraction of sp³-hybridized carbons (Fsp3) is 0.524. The number of aromatic nitrogens is 2. The van der Waals surface area contributed by atoms with E-state index in [-0.39, 0.29) is 5.97 Å². The van der Waals surface area contributed by atoms with Crippen molar-refractivity contribution in [3.8, 4) is 11.4 Å². The molecule has 3 rings (SSSR count). The normalized spacial score (nSPS) is 14.4. The number of ether oxygens (including phenoxy) is 2. The van der Waals surface area contributed by atoms with E-state index in [9.17, 15) is 4.79 Å². The molecule has 0 fully saturated rings. The van der Waals surface area contributed by atoms with Crippen LogP contribution >= 0.6 is 23.2 Å². The van der Waals surface area contributed by atoms with Crippen LogP contribution in [0.5, 0.6) is 5.75 Å². The fourth-order valence-electron chi connectivity index (χ4n) is 3.40. The van der Waals surface area contributed by atoms with E-state index in [4.69, 9.17) is 32.7 Å². The number of halogens is 2. The van der Waals surface area contributed by atoms with Crippen LogP contribution in [0.2, 0.25) is 10.2 Å². The largest absolute Gasteiger partial charge is 0.477 e. The molecule has 0 radical (unpaired) electrons. The summed E-state index contributed by atoms with van der Waals surface area (Å²) in [5, 5.41) is 5.75. The van der Waals surface area contributed by atoms with Gasteiger partial charge >= 0.3 is 5.97 Å². The average Bonchev–Trinajstić information content (AvgIpc) is 3.03. The molecule has 1 atom stereocenters. The van der Waals surface area contributed by atoms with Crippen LogP contribution in [0.3, 0.4) is 0 Å². The van der Waals surface area contributed by atoms with Crippen molar-refractivity contribution in [2.75, 3.05) is 6.61 Å². The van der Waals surface area contributed by atoms with Crippen molar-refractivity contribution in [1.82, 2.24) is 9.78 Å². The molecule has 1 heterocycles. The number of carbonyl (C=O) groups is 1. The molecule has 28 heavy (non-hydrogen) atoms. The minimum atomic E-state index is -0.686. The third kappa shape index (κ3) is 4.64. The number of nitrogens with zero attached hydrogens (tertiary/aromatic N) is 2. The number of benzene rings is 1. The molecule has 0 aliphatic heterocycles. The van der Waals surface area contributed by atoms with Crippen molar-refractivity contribution in [1.29, 1.82) is 0 Å². The Kier molecular flexibility index (Phi) is 7.24. The topological polar surface area (TPSA) is 53.4 Å². The van der Waals surface area contributed by atoms with Crippen molar-refractivity contribution in [2.45, 2.75) is 64.9 Å². The highest BCUT2D eigenvalue weighted by Crippen LogP contribution is 2.33. The highest BCUT2D eigenvalue weighted by Gasteiger charge is 2.24. The number of esters is 1. The summed E-state index contributed by atoms with van der Waals surface area (Å²) in [6, 6.07) is 5.38. The smallest absolute Gasteiger partial charge is 0.347 e. The van der Waals surface area contributed by atoms with Gasteiger partial charge in [0.15, 0.2) is 6.10 Å². The van der Waals surface area contributed by atoms with Crippen molar-refractivity contribution < 1.29 is 14.3 Å². The Balaban J connectivity index is 1.88. The lowest BCUT2D eigenvalue weighted by Crippen LogP contribution is -2.29. The SMILES string of the molecule is CCCCC(Oc1cc(-n2nc3c(c2Cl)CCCC3)ccc1Cl)C(=O)OCC. The average molecular weight is 425 g/mol. The molecule has 0 bridgehead atoms. The summed E-state index contributed by atoms with van der Waals surface area (Å²) in [6.45, 7) is 4.16. The number of hydrogen-bond donors (Lipinski definition) is 0. The lowest BCUT2D eigenvalue weighted by Gasteiger charge is -2.19. The molecule has 7 heteroatoms. The van der Waals surface area contributed by atoms with Gasteiger partial charge in [-0.25, -0.2) is 9.48 Å². The van der Waals surface area contributed by atoms with Crippen LogP contribution in [0.1, 0.15) is 57.2 Å². The Morgan fingerprint density at radius 2 is 2.04 bits per heavy atom. The van der Waals surface area contributed by atoms with E-state index < -0.39 is 6.10 Å². The molecular formula is C21H26Cl2N2O3. The second kappa shape index (κ2) is 9.66. The highest BCUT2D eigenvalue weighted by atomic mass is 35.5. The van der Waals surface area contributed by atoms with Crippen LogP contribution in [0.4, 0.5) is 0 Å². The van der Waals surface area contributed by atoms with E-state index in [1.165, 1.54) is 0 Å². The first-order valence-electron chi connectivity index (χ1n) is 9.94. The quantitative estimate of drug-likeness (QED) is 0.520. The zero-order valence-electron chi connectivity index (χ0n) is 16.3. The molecule has 1 unspecified atom stereocenters. The van der Waals surface area contributed by atoms with Crippen molar-refractivity contribution in [2.24, 2.45) is 0 Å². The summed E-state index contributed by atoms with van der Waals surface area (Å²) in [5.74, 6) is 0.0582. The highest BCUT2D eigenvalue weighted by molar-refractivity contribution is 6.32. The van der Waals surface area contributed by atoms with Gasteiger partial charge in [0.2, 0.25) is 0 Å². The molecule has 2 aromatic rings. The summed E-state index contributed by atoms with van der Waals surface area (Å²) in [7, 11) is 0. The first-order chi connectivity index (χ1) is 13.5. The Bertz CT molecular complexity index is 835. The fourth-order valence-corrected chi connectivity index (χ4v) is 3.90. The summed E-state index contributed by atoms with van der Waals surface area (Å²) < 4.78 is 12.9. The van der Waals surface area contributed by atoms with Crippen LogP contribution in [-0.4, -0.2) is 28.5 Å². The zero-order valence-corrected chi connectivity index (χ0v) is 17.9. The maximum Gasteiger partial charge on any atom is 0.347 e. The van der Waals surface area contributed by atoms with Gasteiger partial charge in [-0.2, -0.15) is 5.10 Å². The lowest BCUT2D eigenvalue weighted by molar-refractivity contribution is -0.151. The minimum absolute atomic E-state index is 0.313. The molecule has 0 saturated carbocycles. The number of fused-ring (bicyclic) bond motifs is 1. The van der Waals surface area contributed by atoms with Crippen LogP contribution in [0.15, 0.2) is 18.2 Å². The standard InChI is InChI=1S/C21H26Cl2N2O3/c1-3-5-10-18(21(26)27-4-2)28-19-13-14(11-12-16(19)22)25-20(23)15-8-6-7-9-17(15)24-25/h11-13,18H,3-10H2,1-2H3. The monoisotopic (exact) mass is 424 g/mol. The maximum atomic E-state index is 12.3. The van der Waals surface area contributed by atoms with Gasteiger partial charge in [-0.05, 0) is 57.6 Å². The van der Waals surface area contributed by atoms with Crippen LogP contribution in [0, 0.1) is 0 Å². The number of aryl methyl sites for hydroxylation is 1. The Morgan fingerprint density at radius 1 is 1.25 bits per heavy atom. The van der Waals surface area contributed by atoms with E-state index in [2.05, 4.69) is 12.0 Å². The molecule has 0 spiro atoms. The molecule has 0 N–H and O–H groups in total. The summed E-state index contributed by atoms with van der Waals surface area (Å²) in [4.78, 5) is 12.3. The summed E-state index contributed by atoms with van der Waals surface area (Å²) >= 11 is 12.9. The van der Waals surface area contributed by atoms with Crippen LogP contribution in [-0.2, 0) is 22.4 Å². The van der Waals surface area contributed by atoms with Crippen LogP contribution < -0.4 is 4.74 Å². The van der Waals surface area contributed by atoms with E-state index in [0.29, 0.717) is 29.0 Å². The molecule has 0 amide bonds. The third-order valence-corrected chi connectivity index (χ3v) is 5.59. The second-order valence-electron chi connectivity index (χ2n) is 6.95. The third-order valence-electron chi connectivity index (χ3n) is 4.89. The zero-order chi connectivity index (χ0) is 20.1. The number of carbonyl (C=O) groups excluding carboxylic acids is 1. The Morgan fingerprint density at radius 3 is 2.75 bits per heavy atom. The maximum absolute atomic E-state index is 12.3. The second-order valence-corrected chi connectivity index (χ2v) is 7.72. The lowest BCUT2D eigenvalue weighted by atomic mass is 9.99. The van der Waals surface area contributed by atoms with Gasteiger partial charge in [0.1, 0.15) is 10.9 Å². The summed E-state index contributed by atoms with van der Waals surface area (Å²) in [5.41, 5.74) is 2.94. The predicted octanol–water partition coefficient (Wildman–Crippen LogP) is 5.56. The van der Waals surface area contributed by atoms with Gasteiger partial charge in [-0.1, -0.05) is 36.5 Å². The van der Waals surface area contributed by atoms with Crippen molar-refractivity contribution in [3.63, 3.8) is 0 Å². The predicted molar refractivity (Wildman–Crippen MR) is 111 cm³/mol. The minimum Gasteiger partial charge on any atom is -0.477 e. The number of unbranched alkanes of at least 4 members (excludes halogenated alkanes) is 1. The molecule has 1 aromatic heterocycles. The molecular weight excluding hydrogens is 399 g/mol. The van der Waals surface area contributed by atoms with Gasteiger partial charge < -0.3 is 9.47 Å². The van der Waals surface area contributed by atoms with E-state index >= 15 is 0 Å². The van der Waals surface area contributed by atoms with E-state index in [0.717, 1.165) is 55.5 Å². The Hall–Kier alpha value is -1.72. The van der Waals surface area contributed by atoms with Gasteiger partial charge in [0.05, 0.1) is 23.0 Å². The Labute approximate surface area is 175 Å².